The topological polar surface area (TPSA) is 37.4 Å². The van der Waals surface area contributed by atoms with Gasteiger partial charge in [0.05, 0.1) is 15.1 Å². The number of amides is 2. The first-order chi connectivity index (χ1) is 9.25. The van der Waals surface area contributed by atoms with E-state index in [4.69, 9.17) is 0 Å². The Labute approximate surface area is 119 Å². The fraction of sp³-hybridized carbons (Fsp3) is 0.143. The minimum absolute atomic E-state index is 0.116. The molecule has 0 saturated carbocycles. The highest BCUT2D eigenvalue weighted by Gasteiger charge is 2.40. The number of imide groups is 1. The fourth-order valence-corrected chi connectivity index (χ4v) is 4.07. The van der Waals surface area contributed by atoms with Crippen LogP contribution in [-0.2, 0) is 9.59 Å². The monoisotopic (exact) mass is 289 g/mol. The summed E-state index contributed by atoms with van der Waals surface area (Å²) in [5, 5.41) is 1.67. The molecule has 1 aromatic carbocycles. The maximum absolute atomic E-state index is 12.3. The number of rotatable bonds is 3. The molecule has 2 heterocycles. The van der Waals surface area contributed by atoms with E-state index >= 15 is 0 Å². The van der Waals surface area contributed by atoms with E-state index in [-0.39, 0.29) is 23.5 Å². The largest absolute Gasteiger partial charge is 0.274 e. The molecule has 2 aromatic rings. The standard InChI is InChI=1S/C14H11NO2S2/c16-12-9-11(19-13-7-4-8-18-13)14(17)15(12)10-5-2-1-3-6-10/h1-8,11H,9H2/t11-/m0/s1. The van der Waals surface area contributed by atoms with E-state index in [2.05, 4.69) is 0 Å². The summed E-state index contributed by atoms with van der Waals surface area (Å²) in [7, 11) is 0. The van der Waals surface area contributed by atoms with Gasteiger partial charge in [-0.25, -0.2) is 4.90 Å². The molecule has 1 aromatic heterocycles. The van der Waals surface area contributed by atoms with Crippen LogP contribution in [0.2, 0.25) is 0 Å². The van der Waals surface area contributed by atoms with Gasteiger partial charge in [-0.05, 0) is 23.6 Å². The van der Waals surface area contributed by atoms with Crippen molar-refractivity contribution < 1.29 is 9.59 Å². The number of thioether (sulfide) groups is 1. The van der Waals surface area contributed by atoms with E-state index in [0.29, 0.717) is 5.69 Å². The second-order valence-electron chi connectivity index (χ2n) is 4.15. The van der Waals surface area contributed by atoms with Crippen LogP contribution in [-0.4, -0.2) is 17.1 Å². The van der Waals surface area contributed by atoms with Crippen LogP contribution in [0.15, 0.2) is 52.1 Å². The molecule has 1 atom stereocenters. The molecule has 0 radical (unpaired) electrons. The minimum atomic E-state index is -0.300. The Kier molecular flexibility index (Phi) is 3.40. The zero-order chi connectivity index (χ0) is 13.2. The lowest BCUT2D eigenvalue weighted by molar-refractivity contribution is -0.121. The van der Waals surface area contributed by atoms with Crippen LogP contribution in [0.1, 0.15) is 6.42 Å². The Balaban J connectivity index is 1.82. The number of carbonyl (C=O) groups is 2. The number of para-hydroxylation sites is 1. The van der Waals surface area contributed by atoms with Gasteiger partial charge in [-0.15, -0.1) is 23.1 Å². The average Bonchev–Trinajstić information content (AvgIpc) is 3.01. The molecular weight excluding hydrogens is 278 g/mol. The second kappa shape index (κ2) is 5.19. The van der Waals surface area contributed by atoms with Gasteiger partial charge < -0.3 is 0 Å². The van der Waals surface area contributed by atoms with Crippen molar-refractivity contribution in [2.24, 2.45) is 0 Å². The maximum atomic E-state index is 12.3. The van der Waals surface area contributed by atoms with Gasteiger partial charge in [0.25, 0.3) is 0 Å². The van der Waals surface area contributed by atoms with Crippen molar-refractivity contribution in [2.45, 2.75) is 15.9 Å². The highest BCUT2D eigenvalue weighted by molar-refractivity contribution is 8.02. The van der Waals surface area contributed by atoms with Crippen LogP contribution in [0, 0.1) is 0 Å². The first-order valence-corrected chi connectivity index (χ1v) is 7.63. The number of hydrogen-bond donors (Lipinski definition) is 0. The molecule has 19 heavy (non-hydrogen) atoms. The summed E-state index contributed by atoms with van der Waals surface area (Å²) in [5.41, 5.74) is 0.659. The molecule has 96 valence electrons. The molecule has 3 nitrogen and oxygen atoms in total. The Morgan fingerprint density at radius 3 is 2.58 bits per heavy atom. The first kappa shape index (κ1) is 12.4. The number of benzene rings is 1. The summed E-state index contributed by atoms with van der Waals surface area (Å²) >= 11 is 3.07. The molecular formula is C14H11NO2S2. The second-order valence-corrected chi connectivity index (χ2v) is 6.60. The average molecular weight is 289 g/mol. The Hall–Kier alpha value is -1.59. The highest BCUT2D eigenvalue weighted by Crippen LogP contribution is 2.35. The smallest absolute Gasteiger partial charge is 0.247 e. The number of hydrogen-bond acceptors (Lipinski definition) is 4. The lowest BCUT2D eigenvalue weighted by Gasteiger charge is -2.14. The molecule has 2 amide bonds. The number of thiophene rings is 1. The lowest BCUT2D eigenvalue weighted by Crippen LogP contribution is -2.30. The van der Waals surface area contributed by atoms with Crippen molar-refractivity contribution >= 4 is 40.6 Å². The van der Waals surface area contributed by atoms with E-state index in [0.717, 1.165) is 4.21 Å². The summed E-state index contributed by atoms with van der Waals surface area (Å²) in [6.07, 6.45) is 0.274. The van der Waals surface area contributed by atoms with E-state index in [1.165, 1.54) is 16.7 Å². The predicted molar refractivity (Wildman–Crippen MR) is 77.5 cm³/mol. The molecule has 0 unspecified atom stereocenters. The molecule has 0 aliphatic carbocycles. The number of nitrogens with zero attached hydrogens (tertiary/aromatic N) is 1. The van der Waals surface area contributed by atoms with Crippen molar-refractivity contribution in [3.05, 3.63) is 47.8 Å². The summed E-state index contributed by atoms with van der Waals surface area (Å²) in [5.74, 6) is -0.236. The Morgan fingerprint density at radius 1 is 1.11 bits per heavy atom. The van der Waals surface area contributed by atoms with Gasteiger partial charge in [-0.2, -0.15) is 0 Å². The van der Waals surface area contributed by atoms with Crippen LogP contribution < -0.4 is 4.90 Å². The van der Waals surface area contributed by atoms with E-state index in [9.17, 15) is 9.59 Å². The van der Waals surface area contributed by atoms with Crippen LogP contribution in [0.3, 0.4) is 0 Å². The van der Waals surface area contributed by atoms with Crippen molar-refractivity contribution in [1.82, 2.24) is 0 Å². The van der Waals surface area contributed by atoms with E-state index in [1.807, 2.05) is 35.7 Å². The van der Waals surface area contributed by atoms with Gasteiger partial charge in [0.1, 0.15) is 0 Å². The third-order valence-electron chi connectivity index (χ3n) is 2.87. The van der Waals surface area contributed by atoms with Crippen molar-refractivity contribution in [3.63, 3.8) is 0 Å². The van der Waals surface area contributed by atoms with Crippen molar-refractivity contribution in [1.29, 1.82) is 0 Å². The van der Waals surface area contributed by atoms with Crippen molar-refractivity contribution in [2.75, 3.05) is 4.90 Å². The predicted octanol–water partition coefficient (Wildman–Crippen LogP) is 3.17. The van der Waals surface area contributed by atoms with Gasteiger partial charge in [0.2, 0.25) is 11.8 Å². The normalized spacial score (nSPS) is 19.2. The molecule has 5 heteroatoms. The minimum Gasteiger partial charge on any atom is -0.274 e. The summed E-state index contributed by atoms with van der Waals surface area (Å²) in [4.78, 5) is 25.6. The SMILES string of the molecule is O=C1C[C@H](Sc2cccs2)C(=O)N1c1ccccc1. The third-order valence-corrected chi connectivity index (χ3v) is 5.13. The number of carbonyl (C=O) groups excluding carboxylic acids is 2. The van der Waals surface area contributed by atoms with Gasteiger partial charge in [0.15, 0.2) is 0 Å². The first-order valence-electron chi connectivity index (χ1n) is 5.88. The molecule has 0 spiro atoms. The zero-order valence-electron chi connectivity index (χ0n) is 9.98. The quantitative estimate of drug-likeness (QED) is 0.814. The zero-order valence-corrected chi connectivity index (χ0v) is 11.6. The molecule has 0 bridgehead atoms. The molecule has 1 aliphatic heterocycles. The Bertz CT molecular complexity index is 595. The maximum Gasteiger partial charge on any atom is 0.247 e. The molecule has 1 aliphatic rings. The molecule has 3 rings (SSSR count). The summed E-state index contributed by atoms with van der Waals surface area (Å²) in [6.45, 7) is 0. The number of anilines is 1. The Morgan fingerprint density at radius 2 is 1.89 bits per heavy atom. The molecule has 1 fully saturated rings. The van der Waals surface area contributed by atoms with E-state index in [1.54, 1.807) is 23.5 Å². The van der Waals surface area contributed by atoms with Gasteiger partial charge >= 0.3 is 0 Å². The lowest BCUT2D eigenvalue weighted by atomic mass is 10.3. The van der Waals surface area contributed by atoms with Gasteiger partial charge in [0, 0.05) is 6.42 Å². The van der Waals surface area contributed by atoms with Gasteiger partial charge in [-0.1, -0.05) is 24.3 Å². The summed E-state index contributed by atoms with van der Waals surface area (Å²) in [6, 6.07) is 13.0. The molecule has 0 N–H and O–H groups in total. The summed E-state index contributed by atoms with van der Waals surface area (Å²) < 4.78 is 1.07. The van der Waals surface area contributed by atoms with Crippen LogP contribution >= 0.6 is 23.1 Å². The van der Waals surface area contributed by atoms with Gasteiger partial charge in [-0.3, -0.25) is 9.59 Å². The van der Waals surface area contributed by atoms with E-state index < -0.39 is 0 Å². The van der Waals surface area contributed by atoms with Crippen LogP contribution in [0.5, 0.6) is 0 Å². The van der Waals surface area contributed by atoms with Crippen LogP contribution in [0.4, 0.5) is 5.69 Å². The molecule has 1 saturated heterocycles. The van der Waals surface area contributed by atoms with Crippen molar-refractivity contribution in [3.8, 4) is 0 Å². The van der Waals surface area contributed by atoms with Crippen LogP contribution in [0.25, 0.3) is 0 Å². The highest BCUT2D eigenvalue weighted by atomic mass is 32.2. The third kappa shape index (κ3) is 2.43. The fourth-order valence-electron chi connectivity index (χ4n) is 2.02.